The van der Waals surface area contributed by atoms with Gasteiger partial charge in [0.2, 0.25) is 5.91 Å². The molecule has 2 aromatic carbocycles. The summed E-state index contributed by atoms with van der Waals surface area (Å²) in [4.78, 5) is 13.0. The van der Waals surface area contributed by atoms with Gasteiger partial charge in [0.25, 0.3) is 0 Å². The van der Waals surface area contributed by atoms with Crippen molar-refractivity contribution in [1.82, 2.24) is 0 Å². The Hall–Kier alpha value is -1.74. The van der Waals surface area contributed by atoms with Gasteiger partial charge in [-0.25, -0.2) is 0 Å². The zero-order chi connectivity index (χ0) is 14.2. The molecule has 0 atom stereocenters. The van der Waals surface area contributed by atoms with Crippen molar-refractivity contribution < 1.29 is 4.79 Å². The van der Waals surface area contributed by atoms with Gasteiger partial charge >= 0.3 is 0 Å². The van der Waals surface area contributed by atoms with Crippen LogP contribution in [-0.2, 0) is 4.79 Å². The van der Waals surface area contributed by atoms with E-state index in [1.807, 2.05) is 49.4 Å². The smallest absolute Gasteiger partial charge is 0.224 e. The Morgan fingerprint density at radius 2 is 1.75 bits per heavy atom. The third kappa shape index (κ3) is 5.10. The molecule has 0 spiro atoms. The first-order valence-electron chi connectivity index (χ1n) is 6.78. The molecule has 0 fully saturated rings. The third-order valence-corrected chi connectivity index (χ3v) is 3.99. The van der Waals surface area contributed by atoms with E-state index in [0.29, 0.717) is 6.42 Å². The predicted octanol–water partition coefficient (Wildman–Crippen LogP) is 4.51. The first-order chi connectivity index (χ1) is 9.74. The van der Waals surface area contributed by atoms with Gasteiger partial charge in [-0.15, -0.1) is 11.8 Å². The van der Waals surface area contributed by atoms with Crippen molar-refractivity contribution in [3.8, 4) is 0 Å². The van der Waals surface area contributed by atoms with Crippen LogP contribution < -0.4 is 5.32 Å². The zero-order valence-corrected chi connectivity index (χ0v) is 12.5. The van der Waals surface area contributed by atoms with Gasteiger partial charge in [0.15, 0.2) is 0 Å². The highest BCUT2D eigenvalue weighted by atomic mass is 32.2. The van der Waals surface area contributed by atoms with Crippen molar-refractivity contribution in [3.05, 3.63) is 60.2 Å². The summed E-state index contributed by atoms with van der Waals surface area (Å²) in [5, 5.41) is 2.92. The van der Waals surface area contributed by atoms with Crippen LogP contribution in [0.1, 0.15) is 18.4 Å². The van der Waals surface area contributed by atoms with E-state index in [2.05, 4.69) is 17.4 Å². The van der Waals surface area contributed by atoms with Crippen LogP contribution in [0.4, 0.5) is 5.69 Å². The topological polar surface area (TPSA) is 29.1 Å². The van der Waals surface area contributed by atoms with Crippen molar-refractivity contribution in [2.75, 3.05) is 11.1 Å². The summed E-state index contributed by atoms with van der Waals surface area (Å²) in [6, 6.07) is 18.1. The molecule has 0 radical (unpaired) electrons. The molecule has 0 saturated heterocycles. The van der Waals surface area contributed by atoms with Gasteiger partial charge in [0, 0.05) is 17.0 Å². The Morgan fingerprint density at radius 1 is 1.05 bits per heavy atom. The molecule has 0 aromatic heterocycles. The Bertz CT molecular complexity index is 537. The number of nitrogens with one attached hydrogen (secondary N) is 1. The molecule has 2 rings (SSSR count). The van der Waals surface area contributed by atoms with Crippen molar-refractivity contribution >= 4 is 23.4 Å². The summed E-state index contributed by atoms with van der Waals surface area (Å²) in [6.07, 6.45) is 1.45. The number of hydrogen-bond acceptors (Lipinski definition) is 2. The van der Waals surface area contributed by atoms with Gasteiger partial charge in [-0.05, 0) is 43.4 Å². The molecule has 3 heteroatoms. The lowest BCUT2D eigenvalue weighted by Crippen LogP contribution is -2.11. The van der Waals surface area contributed by atoms with Gasteiger partial charge in [-0.2, -0.15) is 0 Å². The molecule has 1 N–H and O–H groups in total. The highest BCUT2D eigenvalue weighted by Gasteiger charge is 2.02. The molecule has 2 nitrogen and oxygen atoms in total. The van der Waals surface area contributed by atoms with Crippen LogP contribution in [-0.4, -0.2) is 11.7 Å². The normalized spacial score (nSPS) is 10.2. The van der Waals surface area contributed by atoms with Crippen molar-refractivity contribution in [3.63, 3.8) is 0 Å². The van der Waals surface area contributed by atoms with Crippen LogP contribution in [0.25, 0.3) is 0 Å². The van der Waals surface area contributed by atoms with E-state index in [0.717, 1.165) is 17.9 Å². The lowest BCUT2D eigenvalue weighted by atomic mass is 10.2. The van der Waals surface area contributed by atoms with Crippen molar-refractivity contribution in [2.24, 2.45) is 0 Å². The summed E-state index contributed by atoms with van der Waals surface area (Å²) in [7, 11) is 0. The van der Waals surface area contributed by atoms with E-state index >= 15 is 0 Å². The first-order valence-corrected chi connectivity index (χ1v) is 7.77. The molecular formula is C17H19NOS. The van der Waals surface area contributed by atoms with E-state index in [1.165, 1.54) is 10.5 Å². The van der Waals surface area contributed by atoms with Crippen LogP contribution in [0.3, 0.4) is 0 Å². The van der Waals surface area contributed by atoms with E-state index < -0.39 is 0 Å². The number of rotatable bonds is 6. The highest BCUT2D eigenvalue weighted by Crippen LogP contribution is 2.18. The number of anilines is 1. The molecule has 0 bridgehead atoms. The lowest BCUT2D eigenvalue weighted by molar-refractivity contribution is -0.116. The quantitative estimate of drug-likeness (QED) is 0.625. The standard InChI is InChI=1S/C17H19NOS/c1-14-9-11-15(12-10-14)18-17(19)8-5-13-20-16-6-3-2-4-7-16/h2-4,6-7,9-12H,5,8,13H2,1H3,(H,18,19). The average Bonchev–Trinajstić information content (AvgIpc) is 2.47. The van der Waals surface area contributed by atoms with E-state index in [4.69, 9.17) is 0 Å². The summed E-state index contributed by atoms with van der Waals surface area (Å²) in [5.74, 6) is 1.05. The van der Waals surface area contributed by atoms with Gasteiger partial charge in [-0.3, -0.25) is 4.79 Å². The van der Waals surface area contributed by atoms with Crippen molar-refractivity contribution in [2.45, 2.75) is 24.7 Å². The number of amides is 1. The second kappa shape index (κ2) is 7.75. The molecular weight excluding hydrogens is 266 g/mol. The summed E-state index contributed by atoms with van der Waals surface area (Å²) in [5.41, 5.74) is 2.07. The van der Waals surface area contributed by atoms with E-state index in [9.17, 15) is 4.79 Å². The summed E-state index contributed by atoms with van der Waals surface area (Å²) >= 11 is 1.79. The van der Waals surface area contributed by atoms with E-state index in [-0.39, 0.29) is 5.91 Å². The average molecular weight is 285 g/mol. The Labute approximate surface area is 124 Å². The Morgan fingerprint density at radius 3 is 2.45 bits per heavy atom. The molecule has 0 aliphatic carbocycles. The number of aryl methyl sites for hydroxylation is 1. The number of thioether (sulfide) groups is 1. The minimum atomic E-state index is 0.0857. The molecule has 0 aliphatic rings. The maximum Gasteiger partial charge on any atom is 0.224 e. The lowest BCUT2D eigenvalue weighted by Gasteiger charge is -2.05. The molecule has 20 heavy (non-hydrogen) atoms. The molecule has 1 amide bonds. The van der Waals surface area contributed by atoms with Crippen LogP contribution in [0, 0.1) is 6.92 Å². The number of carbonyl (C=O) groups excluding carboxylic acids is 1. The first kappa shape index (κ1) is 14.7. The fourth-order valence-electron chi connectivity index (χ4n) is 1.80. The molecule has 0 aliphatic heterocycles. The largest absolute Gasteiger partial charge is 0.326 e. The second-order valence-electron chi connectivity index (χ2n) is 4.68. The minimum Gasteiger partial charge on any atom is -0.326 e. The van der Waals surface area contributed by atoms with Crippen LogP contribution in [0.5, 0.6) is 0 Å². The number of benzene rings is 2. The van der Waals surface area contributed by atoms with Gasteiger partial charge in [0.1, 0.15) is 0 Å². The molecule has 104 valence electrons. The monoisotopic (exact) mass is 285 g/mol. The minimum absolute atomic E-state index is 0.0857. The molecule has 0 saturated carbocycles. The second-order valence-corrected chi connectivity index (χ2v) is 5.85. The third-order valence-electron chi connectivity index (χ3n) is 2.90. The predicted molar refractivity (Wildman–Crippen MR) is 86.2 cm³/mol. The number of hydrogen-bond donors (Lipinski definition) is 1. The molecule has 0 heterocycles. The fraction of sp³-hybridized carbons (Fsp3) is 0.235. The Balaban J connectivity index is 1.66. The maximum absolute atomic E-state index is 11.8. The van der Waals surface area contributed by atoms with Crippen LogP contribution >= 0.6 is 11.8 Å². The summed E-state index contributed by atoms with van der Waals surface area (Å²) < 4.78 is 0. The SMILES string of the molecule is Cc1ccc(NC(=O)CCCSc2ccccc2)cc1. The van der Waals surface area contributed by atoms with Crippen LogP contribution in [0.2, 0.25) is 0 Å². The van der Waals surface area contributed by atoms with Gasteiger partial charge in [-0.1, -0.05) is 35.9 Å². The Kier molecular flexibility index (Phi) is 5.69. The zero-order valence-electron chi connectivity index (χ0n) is 11.6. The molecule has 2 aromatic rings. The van der Waals surface area contributed by atoms with Gasteiger partial charge < -0.3 is 5.32 Å². The maximum atomic E-state index is 11.8. The molecule has 0 unspecified atom stereocenters. The fourth-order valence-corrected chi connectivity index (χ4v) is 2.67. The summed E-state index contributed by atoms with van der Waals surface area (Å²) in [6.45, 7) is 2.03. The van der Waals surface area contributed by atoms with Crippen LogP contribution in [0.15, 0.2) is 59.5 Å². The van der Waals surface area contributed by atoms with Gasteiger partial charge in [0.05, 0.1) is 0 Å². The van der Waals surface area contributed by atoms with Crippen molar-refractivity contribution in [1.29, 1.82) is 0 Å². The highest BCUT2D eigenvalue weighted by molar-refractivity contribution is 7.99. The van der Waals surface area contributed by atoms with E-state index in [1.54, 1.807) is 11.8 Å². The number of carbonyl (C=O) groups is 1.